The number of nitrogens with zero attached hydrogens (tertiary/aromatic N) is 3. The Morgan fingerprint density at radius 3 is 2.30 bits per heavy atom. The van der Waals surface area contributed by atoms with E-state index in [1.165, 1.54) is 0 Å². The Labute approximate surface area is 229 Å². The predicted molar refractivity (Wildman–Crippen MR) is 146 cm³/mol. The quantitative estimate of drug-likeness (QED) is 0.211. The standard InChI is InChI=1S/C28H35Cl2N3O4/c1-4-36-14-15-37-22-11-9-21(10-12-22)16-20(3)33(17-24(34)23-6-5-7-26(29)31-23)18-25(35)28-19(2)8-13-27(30)32-28/h5-13,20,24-25,34-35H,4,14-18H2,1-3H3/t20-,24?,25?/m1/s1. The first-order valence-corrected chi connectivity index (χ1v) is 13.2. The number of hydrogen-bond acceptors (Lipinski definition) is 7. The van der Waals surface area contributed by atoms with Crippen LogP contribution in [0.15, 0.2) is 54.6 Å². The zero-order valence-electron chi connectivity index (χ0n) is 21.5. The molecule has 2 heterocycles. The molecule has 0 aliphatic carbocycles. The summed E-state index contributed by atoms with van der Waals surface area (Å²) in [4.78, 5) is 10.6. The number of hydrogen-bond donors (Lipinski definition) is 2. The molecule has 0 radical (unpaired) electrons. The minimum atomic E-state index is -0.887. The van der Waals surface area contributed by atoms with E-state index >= 15 is 0 Å². The van der Waals surface area contributed by atoms with Crippen LogP contribution >= 0.6 is 23.2 Å². The molecular weight excluding hydrogens is 513 g/mol. The third-order valence-corrected chi connectivity index (χ3v) is 6.51. The van der Waals surface area contributed by atoms with E-state index in [0.717, 1.165) is 16.9 Å². The van der Waals surface area contributed by atoms with Crippen LogP contribution in [0.5, 0.6) is 5.75 Å². The largest absolute Gasteiger partial charge is 0.491 e. The predicted octanol–water partition coefficient (Wildman–Crippen LogP) is 5.21. The Bertz CT molecular complexity index is 1120. The van der Waals surface area contributed by atoms with Gasteiger partial charge >= 0.3 is 0 Å². The van der Waals surface area contributed by atoms with Gasteiger partial charge in [0.1, 0.15) is 34.9 Å². The molecule has 0 aliphatic rings. The molecule has 0 aliphatic heterocycles. The van der Waals surface area contributed by atoms with E-state index in [0.29, 0.717) is 47.9 Å². The molecule has 0 spiro atoms. The molecule has 3 atom stereocenters. The van der Waals surface area contributed by atoms with E-state index in [1.54, 1.807) is 24.3 Å². The Morgan fingerprint density at radius 1 is 0.892 bits per heavy atom. The summed E-state index contributed by atoms with van der Waals surface area (Å²) in [7, 11) is 0. The van der Waals surface area contributed by atoms with E-state index in [1.807, 2.05) is 49.1 Å². The van der Waals surface area contributed by atoms with Crippen LogP contribution in [0.1, 0.15) is 48.6 Å². The van der Waals surface area contributed by atoms with Crippen LogP contribution in [-0.2, 0) is 11.2 Å². The van der Waals surface area contributed by atoms with Crippen molar-refractivity contribution in [1.82, 2.24) is 14.9 Å². The van der Waals surface area contributed by atoms with E-state index in [-0.39, 0.29) is 19.1 Å². The van der Waals surface area contributed by atoms with Crippen molar-refractivity contribution in [2.75, 3.05) is 32.9 Å². The maximum atomic E-state index is 11.1. The molecule has 9 heteroatoms. The highest BCUT2D eigenvalue weighted by molar-refractivity contribution is 6.29. The molecule has 3 rings (SSSR count). The van der Waals surface area contributed by atoms with Crippen LogP contribution < -0.4 is 4.74 Å². The van der Waals surface area contributed by atoms with Crippen molar-refractivity contribution in [3.8, 4) is 5.75 Å². The molecule has 2 N–H and O–H groups in total. The number of aryl methyl sites for hydroxylation is 1. The molecule has 2 aromatic heterocycles. The molecule has 0 fully saturated rings. The molecule has 2 unspecified atom stereocenters. The normalized spacial score (nSPS) is 13.9. The van der Waals surface area contributed by atoms with Crippen molar-refractivity contribution in [3.63, 3.8) is 0 Å². The molecule has 0 saturated heterocycles. The summed E-state index contributed by atoms with van der Waals surface area (Å²) < 4.78 is 11.0. The van der Waals surface area contributed by atoms with Gasteiger partial charge in [0, 0.05) is 25.7 Å². The van der Waals surface area contributed by atoms with Crippen LogP contribution in [0, 0.1) is 6.92 Å². The smallest absolute Gasteiger partial charge is 0.129 e. The summed E-state index contributed by atoms with van der Waals surface area (Å²) in [6.45, 7) is 8.14. The minimum Gasteiger partial charge on any atom is -0.491 e. The van der Waals surface area contributed by atoms with Gasteiger partial charge in [-0.25, -0.2) is 9.97 Å². The summed E-state index contributed by atoms with van der Waals surface area (Å²) in [6.07, 6.45) is -1.08. The Hall–Kier alpha value is -2.26. The van der Waals surface area contributed by atoms with E-state index in [4.69, 9.17) is 32.7 Å². The van der Waals surface area contributed by atoms with Gasteiger partial charge in [0.2, 0.25) is 0 Å². The summed E-state index contributed by atoms with van der Waals surface area (Å²) in [5.41, 5.74) is 2.96. The van der Waals surface area contributed by atoms with Gasteiger partial charge in [-0.2, -0.15) is 0 Å². The van der Waals surface area contributed by atoms with E-state index < -0.39 is 12.2 Å². The van der Waals surface area contributed by atoms with Crippen molar-refractivity contribution in [2.45, 2.75) is 45.4 Å². The molecule has 37 heavy (non-hydrogen) atoms. The molecule has 0 bridgehead atoms. The monoisotopic (exact) mass is 547 g/mol. The second-order valence-corrected chi connectivity index (χ2v) is 9.72. The average Bonchev–Trinajstić information content (AvgIpc) is 2.88. The molecule has 1 aromatic carbocycles. The Balaban J connectivity index is 1.73. The maximum Gasteiger partial charge on any atom is 0.129 e. The van der Waals surface area contributed by atoms with Gasteiger partial charge in [-0.15, -0.1) is 0 Å². The lowest BCUT2D eigenvalue weighted by Gasteiger charge is -2.33. The maximum absolute atomic E-state index is 11.1. The average molecular weight is 549 g/mol. The summed E-state index contributed by atoms with van der Waals surface area (Å²) in [6, 6.07) is 16.6. The second-order valence-electron chi connectivity index (χ2n) is 8.95. The molecule has 7 nitrogen and oxygen atoms in total. The first-order valence-electron chi connectivity index (χ1n) is 12.4. The van der Waals surface area contributed by atoms with Crippen molar-refractivity contribution >= 4 is 23.2 Å². The van der Waals surface area contributed by atoms with Crippen LogP contribution in [0.4, 0.5) is 0 Å². The third-order valence-electron chi connectivity index (χ3n) is 6.09. The number of pyridine rings is 2. The van der Waals surface area contributed by atoms with Gasteiger partial charge in [-0.1, -0.05) is 47.5 Å². The van der Waals surface area contributed by atoms with E-state index in [2.05, 4.69) is 16.9 Å². The van der Waals surface area contributed by atoms with Crippen molar-refractivity contribution in [1.29, 1.82) is 0 Å². The van der Waals surface area contributed by atoms with Gasteiger partial charge < -0.3 is 19.7 Å². The van der Waals surface area contributed by atoms with Gasteiger partial charge in [0.15, 0.2) is 0 Å². The van der Waals surface area contributed by atoms with Crippen molar-refractivity contribution in [3.05, 3.63) is 87.4 Å². The van der Waals surface area contributed by atoms with Crippen molar-refractivity contribution < 1.29 is 19.7 Å². The third kappa shape index (κ3) is 9.21. The Morgan fingerprint density at radius 2 is 1.59 bits per heavy atom. The molecule has 200 valence electrons. The topological polar surface area (TPSA) is 87.9 Å². The molecule has 0 amide bonds. The summed E-state index contributed by atoms with van der Waals surface area (Å²) >= 11 is 12.1. The highest BCUT2D eigenvalue weighted by Gasteiger charge is 2.25. The highest BCUT2D eigenvalue weighted by Crippen LogP contribution is 2.24. The molecular formula is C28H35Cl2N3O4. The summed E-state index contributed by atoms with van der Waals surface area (Å²) in [5.74, 6) is 0.786. The number of rotatable bonds is 14. The highest BCUT2D eigenvalue weighted by atomic mass is 35.5. The van der Waals surface area contributed by atoms with Crippen LogP contribution in [0.2, 0.25) is 10.3 Å². The second kappa shape index (κ2) is 14.6. The van der Waals surface area contributed by atoms with Crippen LogP contribution in [-0.4, -0.2) is 64.0 Å². The minimum absolute atomic E-state index is 0.0207. The van der Waals surface area contributed by atoms with Crippen LogP contribution in [0.3, 0.4) is 0 Å². The fraction of sp³-hybridized carbons (Fsp3) is 0.429. The van der Waals surface area contributed by atoms with Gasteiger partial charge in [-0.3, -0.25) is 4.90 Å². The van der Waals surface area contributed by atoms with Gasteiger partial charge in [-0.05, 0) is 68.7 Å². The first kappa shape index (κ1) is 29.3. The number of aliphatic hydroxyl groups is 2. The fourth-order valence-electron chi connectivity index (χ4n) is 4.08. The number of benzene rings is 1. The number of aliphatic hydroxyl groups excluding tert-OH is 2. The van der Waals surface area contributed by atoms with Crippen LogP contribution in [0.25, 0.3) is 0 Å². The first-order chi connectivity index (χ1) is 17.8. The number of ether oxygens (including phenoxy) is 2. The van der Waals surface area contributed by atoms with Crippen molar-refractivity contribution in [2.24, 2.45) is 0 Å². The zero-order valence-corrected chi connectivity index (χ0v) is 23.0. The summed E-state index contributed by atoms with van der Waals surface area (Å²) in [5, 5.41) is 22.7. The lowest BCUT2D eigenvalue weighted by Crippen LogP contribution is -2.41. The zero-order chi connectivity index (χ0) is 26.8. The fourth-order valence-corrected chi connectivity index (χ4v) is 4.40. The molecule has 0 saturated carbocycles. The Kier molecular flexibility index (Phi) is 11.6. The lowest BCUT2D eigenvalue weighted by molar-refractivity contribution is 0.0450. The number of halogens is 2. The SMILES string of the molecule is CCOCCOc1ccc(C[C@@H](C)N(CC(O)c2cccc(Cl)n2)CC(O)c2nc(Cl)ccc2C)cc1. The number of aromatic nitrogens is 2. The molecule has 3 aromatic rings. The van der Waals surface area contributed by atoms with Gasteiger partial charge in [0.05, 0.1) is 18.0 Å². The van der Waals surface area contributed by atoms with E-state index in [9.17, 15) is 10.2 Å². The van der Waals surface area contributed by atoms with Gasteiger partial charge in [0.25, 0.3) is 0 Å². The lowest BCUT2D eigenvalue weighted by atomic mass is 10.0.